The molecule has 0 saturated carbocycles. The Labute approximate surface area is 91.2 Å². The Morgan fingerprint density at radius 2 is 1.86 bits per heavy atom. The lowest BCUT2D eigenvalue weighted by Crippen LogP contribution is -2.23. The summed E-state index contributed by atoms with van der Waals surface area (Å²) in [6, 6.07) is 0. The van der Waals surface area contributed by atoms with E-state index in [1.165, 1.54) is 0 Å². The molecule has 0 aromatic heterocycles. The molecule has 86 valence electrons. The van der Waals surface area contributed by atoms with Gasteiger partial charge in [-0.05, 0) is 33.1 Å². The van der Waals surface area contributed by atoms with Gasteiger partial charge in [0.1, 0.15) is 0 Å². The van der Waals surface area contributed by atoms with Crippen molar-refractivity contribution in [2.75, 3.05) is 12.4 Å². The summed E-state index contributed by atoms with van der Waals surface area (Å²) in [5, 5.41) is 0. The molecule has 0 rings (SSSR count). The predicted octanol–water partition coefficient (Wildman–Crippen LogP) is 2.54. The molecule has 0 saturated heterocycles. The van der Waals surface area contributed by atoms with Gasteiger partial charge in [-0.15, -0.1) is 0 Å². The van der Waals surface area contributed by atoms with Gasteiger partial charge < -0.3 is 4.74 Å². The van der Waals surface area contributed by atoms with Crippen LogP contribution in [0.1, 0.15) is 40.0 Å². The van der Waals surface area contributed by atoms with E-state index in [9.17, 15) is 8.42 Å². The summed E-state index contributed by atoms with van der Waals surface area (Å²) < 4.78 is 26.7. The molecule has 0 aliphatic heterocycles. The maximum Gasteiger partial charge on any atom is 0.232 e. The zero-order valence-electron chi connectivity index (χ0n) is 9.05. The molecule has 0 aromatic rings. The average Bonchev–Trinajstić information content (AvgIpc) is 2.01. The minimum absolute atomic E-state index is 0.0322. The van der Waals surface area contributed by atoms with Gasteiger partial charge in [-0.2, -0.15) is 0 Å². The van der Waals surface area contributed by atoms with Gasteiger partial charge in [0.25, 0.3) is 0 Å². The van der Waals surface area contributed by atoms with Crippen LogP contribution >= 0.6 is 10.7 Å². The highest BCUT2D eigenvalue weighted by atomic mass is 35.7. The summed E-state index contributed by atoms with van der Waals surface area (Å²) in [6.07, 6.45) is 2.24. The number of rotatable bonds is 7. The van der Waals surface area contributed by atoms with Gasteiger partial charge in [0, 0.05) is 17.3 Å². The summed E-state index contributed by atoms with van der Waals surface area (Å²) in [5.41, 5.74) is -0.111. The lowest BCUT2D eigenvalue weighted by atomic mass is 10.1. The number of ether oxygens (including phenoxy) is 1. The minimum atomic E-state index is -3.33. The molecule has 5 heteroatoms. The second kappa shape index (κ2) is 5.93. The maximum atomic E-state index is 10.6. The molecule has 0 aliphatic rings. The van der Waals surface area contributed by atoms with Crippen LogP contribution in [0, 0.1) is 0 Å². The van der Waals surface area contributed by atoms with Crippen molar-refractivity contribution in [1.82, 2.24) is 0 Å². The molecule has 0 aliphatic carbocycles. The van der Waals surface area contributed by atoms with Crippen LogP contribution in [0.2, 0.25) is 0 Å². The predicted molar refractivity (Wildman–Crippen MR) is 59.2 cm³/mol. The van der Waals surface area contributed by atoms with Gasteiger partial charge in [-0.25, -0.2) is 8.42 Å². The van der Waals surface area contributed by atoms with Crippen molar-refractivity contribution in [1.29, 1.82) is 0 Å². The van der Waals surface area contributed by atoms with Crippen molar-refractivity contribution in [3.8, 4) is 0 Å². The molecule has 0 fully saturated rings. The number of hydrogen-bond donors (Lipinski definition) is 0. The van der Waals surface area contributed by atoms with Crippen LogP contribution in [0.25, 0.3) is 0 Å². The minimum Gasteiger partial charge on any atom is -0.376 e. The third-order valence-electron chi connectivity index (χ3n) is 2.13. The molecule has 0 aromatic carbocycles. The van der Waals surface area contributed by atoms with Crippen molar-refractivity contribution in [2.45, 2.75) is 45.6 Å². The summed E-state index contributed by atoms with van der Waals surface area (Å²) in [4.78, 5) is 0. The second-order valence-corrected chi connectivity index (χ2v) is 6.81. The number of hydrogen-bond acceptors (Lipinski definition) is 3. The van der Waals surface area contributed by atoms with E-state index in [2.05, 4.69) is 6.92 Å². The normalized spacial score (nSPS) is 13.1. The first-order valence-corrected chi connectivity index (χ1v) is 7.31. The van der Waals surface area contributed by atoms with E-state index >= 15 is 0 Å². The monoisotopic (exact) mass is 242 g/mol. The van der Waals surface area contributed by atoms with E-state index in [0.717, 1.165) is 12.8 Å². The average molecular weight is 243 g/mol. The smallest absolute Gasteiger partial charge is 0.232 e. The number of halogens is 1. The number of unbranched alkanes of at least 4 members (excludes halogenated alkanes) is 1. The summed E-state index contributed by atoms with van der Waals surface area (Å²) >= 11 is 0. The van der Waals surface area contributed by atoms with Crippen molar-refractivity contribution >= 4 is 19.7 Å². The van der Waals surface area contributed by atoms with Crippen LogP contribution < -0.4 is 0 Å². The zero-order chi connectivity index (χ0) is 11.2. The first-order chi connectivity index (χ1) is 6.27. The third-order valence-corrected chi connectivity index (χ3v) is 3.37. The quantitative estimate of drug-likeness (QED) is 0.509. The van der Waals surface area contributed by atoms with Crippen molar-refractivity contribution in [3.63, 3.8) is 0 Å². The lowest BCUT2D eigenvalue weighted by molar-refractivity contribution is -0.0211. The van der Waals surface area contributed by atoms with E-state index in [-0.39, 0.29) is 11.4 Å². The zero-order valence-corrected chi connectivity index (χ0v) is 10.6. The fraction of sp³-hybridized carbons (Fsp3) is 1.00. The molecule has 0 unspecified atom stereocenters. The Morgan fingerprint density at radius 1 is 1.29 bits per heavy atom. The van der Waals surface area contributed by atoms with Crippen molar-refractivity contribution in [2.24, 2.45) is 0 Å². The van der Waals surface area contributed by atoms with Gasteiger partial charge >= 0.3 is 0 Å². The molecule has 3 nitrogen and oxygen atoms in total. The van der Waals surface area contributed by atoms with E-state index < -0.39 is 9.05 Å². The Hall–Kier alpha value is 0.200. The van der Waals surface area contributed by atoms with Crippen LogP contribution in [0.5, 0.6) is 0 Å². The van der Waals surface area contributed by atoms with Crippen LogP contribution in [0.3, 0.4) is 0 Å². The highest BCUT2D eigenvalue weighted by molar-refractivity contribution is 8.13. The van der Waals surface area contributed by atoms with Gasteiger partial charge in [0.2, 0.25) is 9.05 Å². The fourth-order valence-electron chi connectivity index (χ4n) is 0.827. The molecule has 0 spiro atoms. The van der Waals surface area contributed by atoms with Crippen LogP contribution in [-0.4, -0.2) is 26.4 Å². The molecule has 0 amide bonds. The molecule has 0 atom stereocenters. The largest absolute Gasteiger partial charge is 0.376 e. The summed E-state index contributed by atoms with van der Waals surface area (Å²) in [7, 11) is 1.73. The Bertz CT molecular complexity index is 247. The highest BCUT2D eigenvalue weighted by Gasteiger charge is 2.14. The van der Waals surface area contributed by atoms with Gasteiger partial charge in [-0.1, -0.05) is 6.92 Å². The molecule has 0 N–H and O–H groups in total. The van der Waals surface area contributed by atoms with Crippen LogP contribution in [0.15, 0.2) is 0 Å². The van der Waals surface area contributed by atoms with Crippen molar-refractivity contribution in [3.05, 3.63) is 0 Å². The molecule has 14 heavy (non-hydrogen) atoms. The SMILES string of the molecule is CCC(C)(C)OCCCCS(=O)(=O)Cl. The molecule has 0 bridgehead atoms. The molecule has 0 radical (unpaired) electrons. The van der Waals surface area contributed by atoms with E-state index in [4.69, 9.17) is 15.4 Å². The molecule has 0 heterocycles. The topological polar surface area (TPSA) is 43.4 Å². The fourth-order valence-corrected chi connectivity index (χ4v) is 1.70. The van der Waals surface area contributed by atoms with Gasteiger partial charge in [0.05, 0.1) is 11.4 Å². The summed E-state index contributed by atoms with van der Waals surface area (Å²) in [5.74, 6) is 0.0322. The lowest BCUT2D eigenvalue weighted by Gasteiger charge is -2.23. The van der Waals surface area contributed by atoms with Gasteiger partial charge in [-0.3, -0.25) is 0 Å². The van der Waals surface area contributed by atoms with Gasteiger partial charge in [0.15, 0.2) is 0 Å². The molecular formula is C9H19ClO3S. The molecular weight excluding hydrogens is 224 g/mol. The van der Waals surface area contributed by atoms with Crippen LogP contribution in [0.4, 0.5) is 0 Å². The third kappa shape index (κ3) is 8.78. The van der Waals surface area contributed by atoms with E-state index in [1.54, 1.807) is 0 Å². The Balaban J connectivity index is 3.49. The first-order valence-electron chi connectivity index (χ1n) is 4.83. The highest BCUT2D eigenvalue weighted by Crippen LogP contribution is 2.14. The van der Waals surface area contributed by atoms with E-state index in [1.807, 2.05) is 13.8 Å². The maximum absolute atomic E-state index is 10.6. The van der Waals surface area contributed by atoms with Crippen molar-refractivity contribution < 1.29 is 13.2 Å². The Morgan fingerprint density at radius 3 is 2.29 bits per heavy atom. The summed E-state index contributed by atoms with van der Waals surface area (Å²) in [6.45, 7) is 6.69. The van der Waals surface area contributed by atoms with E-state index in [0.29, 0.717) is 13.0 Å². The first kappa shape index (κ1) is 14.2. The standard InChI is InChI=1S/C9H19ClO3S/c1-4-9(2,3)13-7-5-6-8-14(10,11)12/h4-8H2,1-3H3. The Kier molecular flexibility index (Phi) is 6.02. The second-order valence-electron chi connectivity index (χ2n) is 3.91. The van der Waals surface area contributed by atoms with Crippen LogP contribution in [-0.2, 0) is 13.8 Å².